The second kappa shape index (κ2) is 8.15. The zero-order valence-corrected chi connectivity index (χ0v) is 16.1. The molecule has 10 heteroatoms. The number of carbonyl (C=O) groups excluding carboxylic acids is 2. The summed E-state index contributed by atoms with van der Waals surface area (Å²) in [6, 6.07) is 0. The predicted octanol–water partition coefficient (Wildman–Crippen LogP) is 2.97. The minimum atomic E-state index is -0.359. The van der Waals surface area contributed by atoms with E-state index in [4.69, 9.17) is 10.5 Å². The van der Waals surface area contributed by atoms with Crippen LogP contribution in [0.3, 0.4) is 0 Å². The number of rotatable bonds is 6. The standard InChI is InChI=1S/C15H18N4O3S3/c1-2-22-13(21)11-8-5-3-4-6-9(8)24-12(11)17-10(20)7-23-15-19-18-14(16)25-15/h2-7H2,1H3,(H2,16,18)(H,17,20). The van der Waals surface area contributed by atoms with Gasteiger partial charge < -0.3 is 15.8 Å². The Morgan fingerprint density at radius 1 is 1.28 bits per heavy atom. The van der Waals surface area contributed by atoms with Crippen molar-refractivity contribution in [2.45, 2.75) is 36.9 Å². The second-order valence-corrected chi connectivity index (χ2v) is 8.72. The van der Waals surface area contributed by atoms with Gasteiger partial charge in [-0.2, -0.15) is 0 Å². The molecule has 0 spiro atoms. The molecule has 0 atom stereocenters. The first-order valence-corrected chi connectivity index (χ1v) is 10.5. The summed E-state index contributed by atoms with van der Waals surface area (Å²) >= 11 is 3.99. The van der Waals surface area contributed by atoms with E-state index in [0.29, 0.717) is 26.6 Å². The van der Waals surface area contributed by atoms with Crippen LogP contribution in [0.15, 0.2) is 4.34 Å². The minimum Gasteiger partial charge on any atom is -0.462 e. The SMILES string of the molecule is CCOC(=O)c1c(NC(=O)CSc2nnc(N)s2)sc2c1CCCC2. The number of hydrogen-bond acceptors (Lipinski definition) is 9. The van der Waals surface area contributed by atoms with Gasteiger partial charge >= 0.3 is 5.97 Å². The van der Waals surface area contributed by atoms with Gasteiger partial charge in [-0.25, -0.2) is 4.79 Å². The summed E-state index contributed by atoms with van der Waals surface area (Å²) in [7, 11) is 0. The molecule has 0 unspecified atom stereocenters. The van der Waals surface area contributed by atoms with E-state index in [9.17, 15) is 9.59 Å². The minimum absolute atomic E-state index is 0.180. The third kappa shape index (κ3) is 4.31. The molecule has 1 aliphatic rings. The van der Waals surface area contributed by atoms with Crippen LogP contribution in [0.25, 0.3) is 0 Å². The average molecular weight is 399 g/mol. The number of hydrogen-bond donors (Lipinski definition) is 2. The lowest BCUT2D eigenvalue weighted by molar-refractivity contribution is -0.113. The number of thiophene rings is 1. The van der Waals surface area contributed by atoms with Crippen LogP contribution in [-0.2, 0) is 22.4 Å². The fourth-order valence-electron chi connectivity index (χ4n) is 2.64. The summed E-state index contributed by atoms with van der Waals surface area (Å²) in [6.45, 7) is 2.09. The van der Waals surface area contributed by atoms with Crippen molar-refractivity contribution < 1.29 is 14.3 Å². The third-order valence-corrected chi connectivity index (χ3v) is 6.75. The van der Waals surface area contributed by atoms with Crippen LogP contribution in [0, 0.1) is 0 Å². The molecule has 0 aliphatic heterocycles. The molecule has 0 aromatic carbocycles. The molecule has 2 aromatic heterocycles. The maximum absolute atomic E-state index is 12.4. The van der Waals surface area contributed by atoms with Gasteiger partial charge in [-0.15, -0.1) is 21.5 Å². The smallest absolute Gasteiger partial charge is 0.341 e. The Bertz CT molecular complexity index is 787. The number of nitrogens with zero attached hydrogens (tertiary/aromatic N) is 2. The number of nitrogen functional groups attached to an aromatic ring is 1. The highest BCUT2D eigenvalue weighted by Crippen LogP contribution is 2.38. The first-order chi connectivity index (χ1) is 12.1. The van der Waals surface area contributed by atoms with E-state index in [1.807, 2.05) is 0 Å². The molecule has 7 nitrogen and oxygen atoms in total. The predicted molar refractivity (Wildman–Crippen MR) is 101 cm³/mol. The van der Waals surface area contributed by atoms with Crippen LogP contribution in [0.2, 0.25) is 0 Å². The van der Waals surface area contributed by atoms with Crippen molar-refractivity contribution in [1.29, 1.82) is 0 Å². The van der Waals surface area contributed by atoms with Crippen molar-refractivity contribution in [3.63, 3.8) is 0 Å². The summed E-state index contributed by atoms with van der Waals surface area (Å²) in [4.78, 5) is 25.8. The van der Waals surface area contributed by atoms with Crippen molar-refractivity contribution in [3.05, 3.63) is 16.0 Å². The molecule has 3 N–H and O–H groups in total. The number of esters is 1. The number of thioether (sulfide) groups is 1. The van der Waals surface area contributed by atoms with Crippen molar-refractivity contribution >= 4 is 56.4 Å². The van der Waals surface area contributed by atoms with Gasteiger partial charge in [0.1, 0.15) is 5.00 Å². The summed E-state index contributed by atoms with van der Waals surface area (Å²) in [6.07, 6.45) is 3.96. The van der Waals surface area contributed by atoms with Crippen LogP contribution >= 0.6 is 34.4 Å². The van der Waals surface area contributed by atoms with Crippen LogP contribution in [0.5, 0.6) is 0 Å². The number of nitrogens with one attached hydrogen (secondary N) is 1. The monoisotopic (exact) mass is 398 g/mol. The third-order valence-electron chi connectivity index (χ3n) is 3.65. The molecule has 1 aliphatic carbocycles. The number of aryl methyl sites for hydroxylation is 1. The van der Waals surface area contributed by atoms with Crippen molar-refractivity contribution in [2.75, 3.05) is 23.4 Å². The first-order valence-electron chi connectivity index (χ1n) is 7.91. The lowest BCUT2D eigenvalue weighted by Gasteiger charge is -2.12. The molecular weight excluding hydrogens is 380 g/mol. The fourth-order valence-corrected chi connectivity index (χ4v) is 5.37. The lowest BCUT2D eigenvalue weighted by Crippen LogP contribution is -2.17. The second-order valence-electron chi connectivity index (χ2n) is 5.38. The van der Waals surface area contributed by atoms with E-state index in [1.165, 1.54) is 39.3 Å². The molecule has 0 radical (unpaired) electrons. The van der Waals surface area contributed by atoms with Gasteiger partial charge in [0, 0.05) is 4.88 Å². The van der Waals surface area contributed by atoms with E-state index in [1.54, 1.807) is 6.92 Å². The van der Waals surface area contributed by atoms with Gasteiger partial charge in [-0.3, -0.25) is 4.79 Å². The molecule has 25 heavy (non-hydrogen) atoms. The lowest BCUT2D eigenvalue weighted by atomic mass is 9.95. The van der Waals surface area contributed by atoms with E-state index < -0.39 is 0 Å². The molecule has 0 bridgehead atoms. The van der Waals surface area contributed by atoms with Crippen LogP contribution < -0.4 is 11.1 Å². The Labute approximate surface area is 157 Å². The topological polar surface area (TPSA) is 107 Å². The Morgan fingerprint density at radius 3 is 2.80 bits per heavy atom. The number of fused-ring (bicyclic) bond motifs is 1. The van der Waals surface area contributed by atoms with Gasteiger partial charge in [0.2, 0.25) is 11.0 Å². The van der Waals surface area contributed by atoms with Crippen molar-refractivity contribution in [2.24, 2.45) is 0 Å². The largest absolute Gasteiger partial charge is 0.462 e. The highest BCUT2D eigenvalue weighted by Gasteiger charge is 2.27. The molecule has 2 heterocycles. The van der Waals surface area contributed by atoms with Gasteiger partial charge in [-0.05, 0) is 38.2 Å². The summed E-state index contributed by atoms with van der Waals surface area (Å²) in [5.74, 6) is -0.371. The molecule has 134 valence electrons. The maximum atomic E-state index is 12.4. The summed E-state index contributed by atoms with van der Waals surface area (Å²) in [5.41, 5.74) is 7.09. The molecule has 0 saturated heterocycles. The first kappa shape index (κ1) is 18.2. The van der Waals surface area contributed by atoms with E-state index in [2.05, 4.69) is 15.5 Å². The van der Waals surface area contributed by atoms with Gasteiger partial charge in [0.25, 0.3) is 0 Å². The number of ether oxygens (including phenoxy) is 1. The van der Waals surface area contributed by atoms with Gasteiger partial charge in [-0.1, -0.05) is 23.1 Å². The molecule has 0 saturated carbocycles. The Morgan fingerprint density at radius 2 is 2.08 bits per heavy atom. The number of aromatic nitrogens is 2. The highest BCUT2D eigenvalue weighted by molar-refractivity contribution is 8.01. The number of nitrogens with two attached hydrogens (primary N) is 1. The Hall–Kier alpha value is -1.65. The number of anilines is 2. The zero-order chi connectivity index (χ0) is 17.8. The van der Waals surface area contributed by atoms with Crippen molar-refractivity contribution in [1.82, 2.24) is 10.2 Å². The summed E-state index contributed by atoms with van der Waals surface area (Å²) in [5, 5.41) is 11.4. The van der Waals surface area contributed by atoms with Crippen LogP contribution in [0.4, 0.5) is 10.1 Å². The van der Waals surface area contributed by atoms with Gasteiger partial charge in [0.05, 0.1) is 17.9 Å². The molecular formula is C15H18N4O3S3. The molecule has 3 rings (SSSR count). The molecule has 0 fully saturated rings. The van der Waals surface area contributed by atoms with Crippen molar-refractivity contribution in [3.8, 4) is 0 Å². The Balaban J connectivity index is 1.73. The van der Waals surface area contributed by atoms with Crippen LogP contribution in [0.1, 0.15) is 40.6 Å². The van der Waals surface area contributed by atoms with E-state index in [-0.39, 0.29) is 17.6 Å². The van der Waals surface area contributed by atoms with Crippen LogP contribution in [-0.4, -0.2) is 34.4 Å². The van der Waals surface area contributed by atoms with E-state index in [0.717, 1.165) is 31.2 Å². The molecule has 2 aromatic rings. The Kier molecular flexibility index (Phi) is 5.92. The molecule has 1 amide bonds. The van der Waals surface area contributed by atoms with E-state index >= 15 is 0 Å². The average Bonchev–Trinajstić information content (AvgIpc) is 3.16. The quantitative estimate of drug-likeness (QED) is 0.569. The fraction of sp³-hybridized carbons (Fsp3) is 0.467. The summed E-state index contributed by atoms with van der Waals surface area (Å²) < 4.78 is 5.83. The highest BCUT2D eigenvalue weighted by atomic mass is 32.2. The van der Waals surface area contributed by atoms with Gasteiger partial charge in [0.15, 0.2) is 4.34 Å². The maximum Gasteiger partial charge on any atom is 0.341 e. The number of amides is 1. The zero-order valence-electron chi connectivity index (χ0n) is 13.7. The normalized spacial score (nSPS) is 13.3. The number of carbonyl (C=O) groups is 2.